The molecule has 3 heteroatoms. The molecule has 0 aromatic heterocycles. The largest absolute Gasteiger partial charge is 0.343 e. The van der Waals surface area contributed by atoms with Crippen LogP contribution in [0.2, 0.25) is 0 Å². The van der Waals surface area contributed by atoms with Crippen molar-refractivity contribution in [1.82, 2.24) is 9.80 Å². The highest BCUT2D eigenvalue weighted by molar-refractivity contribution is 5.76. The van der Waals surface area contributed by atoms with Crippen molar-refractivity contribution in [2.24, 2.45) is 0 Å². The summed E-state index contributed by atoms with van der Waals surface area (Å²) in [5.41, 5.74) is 0. The molecular formula is C37H76N2O. The van der Waals surface area contributed by atoms with Crippen molar-refractivity contribution < 1.29 is 4.79 Å². The van der Waals surface area contributed by atoms with Crippen LogP contribution in [0.3, 0.4) is 0 Å². The van der Waals surface area contributed by atoms with E-state index in [9.17, 15) is 4.79 Å². The minimum absolute atomic E-state index is 0.435. The Balaban J connectivity index is 4.03. The molecule has 0 unspecified atom stereocenters. The quantitative estimate of drug-likeness (QED) is 0.0740. The molecule has 0 aromatic carbocycles. The van der Waals surface area contributed by atoms with E-state index in [4.69, 9.17) is 0 Å². The molecule has 0 aliphatic rings. The molecule has 0 heterocycles. The fourth-order valence-corrected chi connectivity index (χ4v) is 5.85. The van der Waals surface area contributed by atoms with Gasteiger partial charge >= 0.3 is 0 Å². The van der Waals surface area contributed by atoms with Gasteiger partial charge in [0.1, 0.15) is 0 Å². The summed E-state index contributed by atoms with van der Waals surface area (Å²) in [6, 6.07) is 0. The minimum Gasteiger partial charge on any atom is -0.343 e. The van der Waals surface area contributed by atoms with Crippen molar-refractivity contribution in [1.29, 1.82) is 0 Å². The van der Waals surface area contributed by atoms with Gasteiger partial charge < -0.3 is 9.80 Å². The molecule has 0 saturated heterocycles. The molecule has 3 nitrogen and oxygen atoms in total. The molecule has 1 amide bonds. The van der Waals surface area contributed by atoms with Crippen LogP contribution in [-0.4, -0.2) is 48.9 Å². The van der Waals surface area contributed by atoms with E-state index < -0.39 is 0 Å². The van der Waals surface area contributed by atoms with Gasteiger partial charge in [0.15, 0.2) is 0 Å². The van der Waals surface area contributed by atoms with E-state index in [1.807, 2.05) is 0 Å². The van der Waals surface area contributed by atoms with Crippen LogP contribution in [0.5, 0.6) is 0 Å². The van der Waals surface area contributed by atoms with Gasteiger partial charge in [0.05, 0.1) is 0 Å². The molecule has 0 rings (SSSR count). The zero-order valence-electron chi connectivity index (χ0n) is 28.4. The molecule has 240 valence electrons. The van der Waals surface area contributed by atoms with Gasteiger partial charge in [0.25, 0.3) is 0 Å². The summed E-state index contributed by atoms with van der Waals surface area (Å²) in [6.45, 7) is 11.3. The third kappa shape index (κ3) is 28.9. The van der Waals surface area contributed by atoms with Crippen molar-refractivity contribution >= 4 is 5.91 Å². The van der Waals surface area contributed by atoms with Crippen LogP contribution >= 0.6 is 0 Å². The summed E-state index contributed by atoms with van der Waals surface area (Å²) in [4.78, 5) is 17.9. The lowest BCUT2D eigenvalue weighted by molar-refractivity contribution is -0.131. The van der Waals surface area contributed by atoms with Crippen LogP contribution < -0.4 is 0 Å². The molecule has 0 aromatic rings. The van der Waals surface area contributed by atoms with Gasteiger partial charge in [-0.2, -0.15) is 0 Å². The van der Waals surface area contributed by atoms with Crippen LogP contribution in [0.4, 0.5) is 0 Å². The van der Waals surface area contributed by atoms with E-state index in [-0.39, 0.29) is 0 Å². The van der Waals surface area contributed by atoms with E-state index in [0.717, 1.165) is 25.9 Å². The van der Waals surface area contributed by atoms with Crippen molar-refractivity contribution in [3.05, 3.63) is 0 Å². The van der Waals surface area contributed by atoms with Gasteiger partial charge in [-0.1, -0.05) is 162 Å². The summed E-state index contributed by atoms with van der Waals surface area (Å²) in [7, 11) is 2.29. The number of amides is 1. The maximum atomic E-state index is 13.1. The Morgan fingerprint density at radius 3 is 1.00 bits per heavy atom. The van der Waals surface area contributed by atoms with E-state index >= 15 is 0 Å². The number of carbonyl (C=O) groups is 1. The van der Waals surface area contributed by atoms with E-state index in [1.165, 1.54) is 180 Å². The fourth-order valence-electron chi connectivity index (χ4n) is 5.85. The lowest BCUT2D eigenvalue weighted by Crippen LogP contribution is -2.32. The highest BCUT2D eigenvalue weighted by atomic mass is 16.2. The predicted molar refractivity (Wildman–Crippen MR) is 180 cm³/mol. The minimum atomic E-state index is 0.435. The van der Waals surface area contributed by atoms with Crippen LogP contribution in [0.1, 0.15) is 201 Å². The molecule has 0 saturated carbocycles. The Bertz CT molecular complexity index is 475. The Morgan fingerprint density at radius 1 is 0.375 bits per heavy atom. The lowest BCUT2D eigenvalue weighted by atomic mass is 10.1. The summed E-state index contributed by atoms with van der Waals surface area (Å²) >= 11 is 0. The molecule has 40 heavy (non-hydrogen) atoms. The lowest BCUT2D eigenvalue weighted by Gasteiger charge is -2.23. The smallest absolute Gasteiger partial charge is 0.222 e. The Labute approximate surface area is 254 Å². The highest BCUT2D eigenvalue weighted by Crippen LogP contribution is 2.14. The van der Waals surface area contributed by atoms with Gasteiger partial charge in [-0.3, -0.25) is 4.79 Å². The van der Waals surface area contributed by atoms with Gasteiger partial charge in [0, 0.05) is 19.5 Å². The average Bonchev–Trinajstić information content (AvgIpc) is 2.95. The predicted octanol–water partition coefficient (Wildman–Crippen LogP) is 11.7. The van der Waals surface area contributed by atoms with E-state index in [0.29, 0.717) is 5.91 Å². The number of rotatable bonds is 33. The topological polar surface area (TPSA) is 23.6 Å². The second-order valence-electron chi connectivity index (χ2n) is 12.9. The van der Waals surface area contributed by atoms with Crippen LogP contribution in [0.25, 0.3) is 0 Å². The zero-order chi connectivity index (χ0) is 29.4. The molecule has 0 radical (unpaired) electrons. The molecule has 0 N–H and O–H groups in total. The van der Waals surface area contributed by atoms with Gasteiger partial charge in [-0.25, -0.2) is 0 Å². The van der Waals surface area contributed by atoms with Crippen molar-refractivity contribution in [3.63, 3.8) is 0 Å². The first kappa shape index (κ1) is 39.4. The molecule has 0 aliphatic heterocycles. The summed E-state index contributed by atoms with van der Waals surface area (Å²) in [5.74, 6) is 0.435. The van der Waals surface area contributed by atoms with Gasteiger partial charge in [-0.05, 0) is 52.2 Å². The van der Waals surface area contributed by atoms with E-state index in [1.54, 1.807) is 0 Å². The molecule has 0 spiro atoms. The van der Waals surface area contributed by atoms with Crippen LogP contribution in [0, 0.1) is 0 Å². The first-order valence-electron chi connectivity index (χ1n) is 18.6. The van der Waals surface area contributed by atoms with Crippen LogP contribution in [0.15, 0.2) is 0 Å². The summed E-state index contributed by atoms with van der Waals surface area (Å²) in [5, 5.41) is 0. The van der Waals surface area contributed by atoms with Crippen molar-refractivity contribution in [2.45, 2.75) is 201 Å². The Kier molecular flexibility index (Phi) is 32.5. The van der Waals surface area contributed by atoms with Gasteiger partial charge in [0.2, 0.25) is 5.91 Å². The molecule has 0 bridgehead atoms. The molecule has 0 fully saturated rings. The molecule has 0 atom stereocenters. The number of carbonyl (C=O) groups excluding carboxylic acids is 1. The second kappa shape index (κ2) is 32.9. The monoisotopic (exact) mass is 565 g/mol. The van der Waals surface area contributed by atoms with Gasteiger partial charge in [-0.15, -0.1) is 0 Å². The van der Waals surface area contributed by atoms with E-state index in [2.05, 4.69) is 37.6 Å². The number of nitrogens with zero attached hydrogens (tertiary/aromatic N) is 2. The highest BCUT2D eigenvalue weighted by Gasteiger charge is 2.12. The van der Waals surface area contributed by atoms with Crippen LogP contribution in [-0.2, 0) is 4.79 Å². The van der Waals surface area contributed by atoms with Crippen molar-refractivity contribution in [3.8, 4) is 0 Å². The number of unbranched alkanes of at least 4 members (excludes halogenated alkanes) is 23. The first-order chi connectivity index (χ1) is 19.7. The average molecular weight is 565 g/mol. The maximum Gasteiger partial charge on any atom is 0.222 e. The third-order valence-corrected chi connectivity index (χ3v) is 8.74. The second-order valence-corrected chi connectivity index (χ2v) is 12.9. The molecule has 0 aliphatic carbocycles. The normalized spacial score (nSPS) is 11.5. The Morgan fingerprint density at radius 2 is 0.650 bits per heavy atom. The SMILES string of the molecule is CCCCCCCCCCN(CCCCCCCCCC)C(=O)CCCCCCCN(C)CCCCCCCC. The summed E-state index contributed by atoms with van der Waals surface area (Å²) in [6.07, 6.45) is 36.7. The summed E-state index contributed by atoms with van der Waals surface area (Å²) < 4.78 is 0. The third-order valence-electron chi connectivity index (χ3n) is 8.74. The first-order valence-corrected chi connectivity index (χ1v) is 18.6. The standard InChI is InChI=1S/C37H76N2O/c1-5-8-11-14-17-19-25-30-35-39(36-31-26-20-18-15-12-9-6-2)37(40)32-27-22-21-24-29-34-38(4)33-28-23-16-13-10-7-3/h5-36H2,1-4H3. The Hall–Kier alpha value is -0.570. The van der Waals surface area contributed by atoms with Crippen molar-refractivity contribution in [2.75, 3.05) is 33.2 Å². The molecular weight excluding hydrogens is 488 g/mol. The number of hydrogen-bond donors (Lipinski definition) is 0. The zero-order valence-corrected chi connectivity index (χ0v) is 28.4. The fraction of sp³-hybridized carbons (Fsp3) is 0.973. The number of hydrogen-bond acceptors (Lipinski definition) is 2. The maximum absolute atomic E-state index is 13.1.